The highest BCUT2D eigenvalue weighted by molar-refractivity contribution is 5.91. The van der Waals surface area contributed by atoms with Crippen LogP contribution >= 0.6 is 0 Å². The molecule has 0 saturated carbocycles. The van der Waals surface area contributed by atoms with Gasteiger partial charge in [0.1, 0.15) is 17.4 Å². The van der Waals surface area contributed by atoms with Crippen molar-refractivity contribution in [1.29, 1.82) is 0 Å². The van der Waals surface area contributed by atoms with Crippen molar-refractivity contribution < 1.29 is 23.8 Å². The molecule has 196 valence electrons. The van der Waals surface area contributed by atoms with Crippen LogP contribution < -0.4 is 0 Å². The molecule has 2 aliphatic rings. The Morgan fingerprint density at radius 2 is 1.73 bits per heavy atom. The second-order valence-electron chi connectivity index (χ2n) is 10.2. The first-order chi connectivity index (χ1) is 17.9. The maximum atomic E-state index is 13.4. The topological polar surface area (TPSA) is 79.8 Å². The molecular formula is C29H33F2N3O3. The van der Waals surface area contributed by atoms with Crippen LogP contribution in [0.5, 0.6) is 5.75 Å². The number of rotatable bonds is 6. The minimum atomic E-state index is -0.673. The number of aromatic nitrogens is 1. The van der Waals surface area contributed by atoms with Crippen LogP contribution in [0.25, 0.3) is 17.0 Å². The lowest BCUT2D eigenvalue weighted by Gasteiger charge is -2.43. The third-order valence-corrected chi connectivity index (χ3v) is 8.02. The Morgan fingerprint density at radius 3 is 2.41 bits per heavy atom. The Bertz CT molecular complexity index is 1250. The summed E-state index contributed by atoms with van der Waals surface area (Å²) in [5.74, 6) is -0.537. The molecule has 2 aromatic carbocycles. The van der Waals surface area contributed by atoms with E-state index in [1.807, 2.05) is 12.1 Å². The number of fused-ring (bicyclic) bond motifs is 1. The average Bonchev–Trinajstić information content (AvgIpc) is 3.31. The lowest BCUT2D eigenvalue weighted by molar-refractivity contribution is -0.127. The Hall–Kier alpha value is -3.23. The van der Waals surface area contributed by atoms with Gasteiger partial charge in [0.25, 0.3) is 0 Å². The quantitative estimate of drug-likeness (QED) is 0.423. The fourth-order valence-electron chi connectivity index (χ4n) is 6.02. The van der Waals surface area contributed by atoms with Gasteiger partial charge in [0, 0.05) is 48.4 Å². The van der Waals surface area contributed by atoms with Crippen LogP contribution in [-0.4, -0.2) is 69.7 Å². The maximum absolute atomic E-state index is 13.4. The molecule has 5 rings (SSSR count). The molecule has 3 heterocycles. The lowest BCUT2D eigenvalue weighted by Crippen LogP contribution is -2.50. The Kier molecular flexibility index (Phi) is 7.58. The molecule has 0 aliphatic carbocycles. The van der Waals surface area contributed by atoms with Crippen LogP contribution in [-0.2, 0) is 4.79 Å². The number of aromatic hydroxyl groups is 1. The molecule has 0 bridgehead atoms. The third-order valence-electron chi connectivity index (χ3n) is 8.02. The number of phenols is 1. The summed E-state index contributed by atoms with van der Waals surface area (Å²) in [7, 11) is 0. The van der Waals surface area contributed by atoms with E-state index in [4.69, 9.17) is 0 Å². The zero-order chi connectivity index (χ0) is 25.9. The number of nitrogens with one attached hydrogen (secondary N) is 1. The molecule has 6 nitrogen and oxygen atoms in total. The number of H-pyrrole nitrogens is 1. The molecule has 1 unspecified atom stereocenters. The number of aliphatic hydroxyl groups excluding tert-OH is 1. The second-order valence-corrected chi connectivity index (χ2v) is 10.2. The summed E-state index contributed by atoms with van der Waals surface area (Å²) < 4.78 is 26.8. The zero-order valence-electron chi connectivity index (χ0n) is 20.7. The lowest BCUT2D eigenvalue weighted by atomic mass is 9.84. The van der Waals surface area contributed by atoms with Crippen molar-refractivity contribution in [2.24, 2.45) is 5.92 Å². The van der Waals surface area contributed by atoms with Gasteiger partial charge in [-0.25, -0.2) is 8.78 Å². The van der Waals surface area contributed by atoms with Crippen molar-refractivity contribution in [2.45, 2.75) is 37.6 Å². The van der Waals surface area contributed by atoms with E-state index in [1.54, 1.807) is 11.0 Å². The number of nitrogens with zero attached hydrogens (tertiary/aromatic N) is 2. The number of piperidine rings is 2. The van der Waals surface area contributed by atoms with Gasteiger partial charge in [-0.15, -0.1) is 0 Å². The average molecular weight is 510 g/mol. The standard InChI is InChI=1S/C29H33F2N3O3/c30-22-13-19(14-23(31)15-22)1-4-29(37)34-11-7-21(8-12-34)28(18-35)33-9-5-20(6-10-33)26-17-32-27-3-2-24(36)16-25(26)27/h1-4,13-17,20-21,28,32,35-36H,5-12,18H2/b4-1+. The molecule has 3 aromatic rings. The molecule has 0 radical (unpaired) electrons. The van der Waals surface area contributed by atoms with Crippen molar-refractivity contribution in [1.82, 2.24) is 14.8 Å². The third kappa shape index (κ3) is 5.70. The number of aromatic amines is 1. The SMILES string of the molecule is O=C(/C=C/c1cc(F)cc(F)c1)N1CCC(C(CO)N2CCC(c3c[nH]c4ccc(O)cc34)CC2)CC1. The van der Waals surface area contributed by atoms with E-state index in [2.05, 4.69) is 16.1 Å². The van der Waals surface area contributed by atoms with Crippen molar-refractivity contribution in [3.8, 4) is 5.75 Å². The largest absolute Gasteiger partial charge is 0.508 e. The normalized spacial score (nSPS) is 19.2. The van der Waals surface area contributed by atoms with Crippen molar-refractivity contribution in [2.75, 3.05) is 32.8 Å². The fourth-order valence-corrected chi connectivity index (χ4v) is 6.02. The number of carbonyl (C=O) groups excluding carboxylic acids is 1. The Morgan fingerprint density at radius 1 is 1.03 bits per heavy atom. The molecule has 2 fully saturated rings. The van der Waals surface area contributed by atoms with E-state index in [9.17, 15) is 23.8 Å². The van der Waals surface area contributed by atoms with Gasteiger partial charge in [0.2, 0.25) is 5.91 Å². The van der Waals surface area contributed by atoms with Gasteiger partial charge in [-0.05, 0) is 98.1 Å². The molecular weight excluding hydrogens is 476 g/mol. The smallest absolute Gasteiger partial charge is 0.246 e. The first kappa shape index (κ1) is 25.4. The molecule has 0 spiro atoms. The minimum Gasteiger partial charge on any atom is -0.508 e. The van der Waals surface area contributed by atoms with Crippen LogP contribution in [0.2, 0.25) is 0 Å². The summed E-state index contributed by atoms with van der Waals surface area (Å²) in [6, 6.07) is 8.67. The number of hydrogen-bond acceptors (Lipinski definition) is 4. The highest BCUT2D eigenvalue weighted by Gasteiger charge is 2.34. The van der Waals surface area contributed by atoms with Crippen molar-refractivity contribution in [3.63, 3.8) is 0 Å². The monoisotopic (exact) mass is 509 g/mol. The Balaban J connectivity index is 1.14. The zero-order valence-corrected chi connectivity index (χ0v) is 20.7. The second kappa shape index (κ2) is 11.0. The van der Waals surface area contributed by atoms with Gasteiger partial charge in [0.15, 0.2) is 0 Å². The van der Waals surface area contributed by atoms with Gasteiger partial charge in [-0.3, -0.25) is 9.69 Å². The number of carbonyl (C=O) groups is 1. The predicted octanol–water partition coefficient (Wildman–Crippen LogP) is 4.64. The summed E-state index contributed by atoms with van der Waals surface area (Å²) in [5, 5.41) is 21.2. The van der Waals surface area contributed by atoms with Gasteiger partial charge >= 0.3 is 0 Å². The molecule has 8 heteroatoms. The highest BCUT2D eigenvalue weighted by atomic mass is 19.1. The molecule has 2 saturated heterocycles. The summed E-state index contributed by atoms with van der Waals surface area (Å²) >= 11 is 0. The van der Waals surface area contributed by atoms with Crippen LogP contribution in [0.3, 0.4) is 0 Å². The predicted molar refractivity (Wildman–Crippen MR) is 139 cm³/mol. The number of phenolic OH excluding ortho intramolecular Hbond substituents is 1. The van der Waals surface area contributed by atoms with E-state index in [0.29, 0.717) is 30.5 Å². The van der Waals surface area contributed by atoms with Crippen LogP contribution in [0.1, 0.15) is 42.7 Å². The summed E-state index contributed by atoms with van der Waals surface area (Å²) in [4.78, 5) is 20.1. The fraction of sp³-hybridized carbons (Fsp3) is 0.414. The van der Waals surface area contributed by atoms with E-state index in [1.165, 1.54) is 29.8 Å². The number of halogens is 2. The van der Waals surface area contributed by atoms with Gasteiger partial charge in [0.05, 0.1) is 6.61 Å². The van der Waals surface area contributed by atoms with Crippen LogP contribution in [0.15, 0.2) is 48.7 Å². The molecule has 1 amide bonds. The van der Waals surface area contributed by atoms with E-state index >= 15 is 0 Å². The van der Waals surface area contributed by atoms with Crippen molar-refractivity contribution >= 4 is 22.9 Å². The maximum Gasteiger partial charge on any atom is 0.246 e. The van der Waals surface area contributed by atoms with Crippen LogP contribution in [0, 0.1) is 17.6 Å². The summed E-state index contributed by atoms with van der Waals surface area (Å²) in [6.07, 6.45) is 8.45. The number of amides is 1. The molecule has 1 atom stereocenters. The molecule has 2 aliphatic heterocycles. The molecule has 3 N–H and O–H groups in total. The molecule has 37 heavy (non-hydrogen) atoms. The number of aliphatic hydroxyl groups is 1. The number of likely N-dealkylation sites (tertiary alicyclic amines) is 2. The summed E-state index contributed by atoms with van der Waals surface area (Å²) in [6.45, 7) is 3.07. The molecule has 1 aromatic heterocycles. The number of benzene rings is 2. The van der Waals surface area contributed by atoms with Crippen LogP contribution in [0.4, 0.5) is 8.78 Å². The van der Waals surface area contributed by atoms with Crippen molar-refractivity contribution in [3.05, 3.63) is 71.4 Å². The van der Waals surface area contributed by atoms with E-state index in [-0.39, 0.29) is 24.3 Å². The first-order valence-corrected chi connectivity index (χ1v) is 13.0. The first-order valence-electron chi connectivity index (χ1n) is 13.0. The van der Waals surface area contributed by atoms with E-state index < -0.39 is 11.6 Å². The van der Waals surface area contributed by atoms with E-state index in [0.717, 1.165) is 55.7 Å². The van der Waals surface area contributed by atoms with Gasteiger partial charge < -0.3 is 20.1 Å². The van der Waals surface area contributed by atoms with Gasteiger partial charge in [-0.1, -0.05) is 0 Å². The number of hydrogen-bond donors (Lipinski definition) is 3. The Labute approximate surface area is 215 Å². The minimum absolute atomic E-state index is 0.0658. The van der Waals surface area contributed by atoms with Gasteiger partial charge in [-0.2, -0.15) is 0 Å². The highest BCUT2D eigenvalue weighted by Crippen LogP contribution is 2.36. The summed E-state index contributed by atoms with van der Waals surface area (Å²) in [5.41, 5.74) is 2.59.